The van der Waals surface area contributed by atoms with Gasteiger partial charge in [0.15, 0.2) is 0 Å². The summed E-state index contributed by atoms with van der Waals surface area (Å²) in [7, 11) is 0. The lowest BCUT2D eigenvalue weighted by Crippen LogP contribution is -2.27. The van der Waals surface area contributed by atoms with E-state index < -0.39 is 23.1 Å². The van der Waals surface area contributed by atoms with Gasteiger partial charge in [-0.05, 0) is 6.92 Å². The number of aromatic nitrogens is 2. The van der Waals surface area contributed by atoms with E-state index in [2.05, 4.69) is 4.98 Å². The van der Waals surface area contributed by atoms with Crippen LogP contribution in [0.3, 0.4) is 0 Å². The molecule has 70 valence electrons. The third kappa shape index (κ3) is 1.84. The van der Waals surface area contributed by atoms with Crippen LogP contribution in [0.25, 0.3) is 0 Å². The summed E-state index contributed by atoms with van der Waals surface area (Å²) in [5.74, 6) is -2.04. The first-order chi connectivity index (χ1) is 6.02. The fourth-order valence-corrected chi connectivity index (χ4v) is 0.875. The lowest BCUT2D eigenvalue weighted by Gasteiger charge is -2.02. The van der Waals surface area contributed by atoms with E-state index in [1.54, 1.807) is 0 Å². The third-order valence-electron chi connectivity index (χ3n) is 1.68. The van der Waals surface area contributed by atoms with Gasteiger partial charge in [0.2, 0.25) is 0 Å². The summed E-state index contributed by atoms with van der Waals surface area (Å²) in [6.07, 6.45) is 1.11. The highest BCUT2D eigenvalue weighted by atomic mass is 16.4. The van der Waals surface area contributed by atoms with E-state index in [4.69, 9.17) is 5.11 Å². The van der Waals surface area contributed by atoms with Crippen LogP contribution in [0.5, 0.6) is 0 Å². The molecule has 6 heteroatoms. The van der Waals surface area contributed by atoms with Gasteiger partial charge in [-0.25, -0.2) is 4.79 Å². The molecule has 1 heterocycles. The molecule has 13 heavy (non-hydrogen) atoms. The third-order valence-corrected chi connectivity index (χ3v) is 1.68. The molecule has 1 aromatic rings. The molecule has 1 aromatic heterocycles. The second kappa shape index (κ2) is 3.26. The Labute approximate surface area is 72.2 Å². The minimum Gasteiger partial charge on any atom is -0.481 e. The Bertz CT molecular complexity index is 431. The predicted molar refractivity (Wildman–Crippen MR) is 43.7 cm³/mol. The SMILES string of the molecule is CC(C(=O)O)c1c[nH]c(=O)[nH]c1=O. The van der Waals surface area contributed by atoms with Gasteiger partial charge in [0, 0.05) is 11.8 Å². The summed E-state index contributed by atoms with van der Waals surface area (Å²) < 4.78 is 0. The molecule has 1 rings (SSSR count). The zero-order valence-electron chi connectivity index (χ0n) is 6.83. The maximum atomic E-state index is 11.0. The van der Waals surface area contributed by atoms with Gasteiger partial charge in [-0.3, -0.25) is 14.6 Å². The number of carbonyl (C=O) groups is 1. The number of hydrogen-bond acceptors (Lipinski definition) is 3. The van der Waals surface area contributed by atoms with Gasteiger partial charge < -0.3 is 10.1 Å². The Hall–Kier alpha value is -1.85. The van der Waals surface area contributed by atoms with E-state index in [1.165, 1.54) is 6.92 Å². The first-order valence-electron chi connectivity index (χ1n) is 3.57. The normalized spacial score (nSPS) is 12.4. The van der Waals surface area contributed by atoms with Crippen LogP contribution >= 0.6 is 0 Å². The Morgan fingerprint density at radius 1 is 1.54 bits per heavy atom. The van der Waals surface area contributed by atoms with E-state index in [1.807, 2.05) is 4.98 Å². The molecule has 0 saturated heterocycles. The highest BCUT2D eigenvalue weighted by molar-refractivity contribution is 5.75. The highest BCUT2D eigenvalue weighted by Gasteiger charge is 2.16. The van der Waals surface area contributed by atoms with Crippen LogP contribution < -0.4 is 11.2 Å². The molecule has 0 aliphatic heterocycles. The molecule has 6 nitrogen and oxygen atoms in total. The number of nitrogens with one attached hydrogen (secondary N) is 2. The quantitative estimate of drug-likeness (QED) is 0.562. The van der Waals surface area contributed by atoms with Crippen LogP contribution in [-0.2, 0) is 4.79 Å². The average molecular weight is 184 g/mol. The lowest BCUT2D eigenvalue weighted by atomic mass is 10.1. The highest BCUT2D eigenvalue weighted by Crippen LogP contribution is 2.07. The molecule has 0 aliphatic carbocycles. The van der Waals surface area contributed by atoms with Gasteiger partial charge in [-0.2, -0.15) is 0 Å². The van der Waals surface area contributed by atoms with Crippen molar-refractivity contribution in [1.82, 2.24) is 9.97 Å². The minimum atomic E-state index is -1.11. The van der Waals surface area contributed by atoms with Crippen molar-refractivity contribution in [3.05, 3.63) is 32.6 Å². The molecule has 3 N–H and O–H groups in total. The molecule has 0 saturated carbocycles. The molecule has 0 bridgehead atoms. The Morgan fingerprint density at radius 2 is 2.15 bits per heavy atom. The number of hydrogen-bond donors (Lipinski definition) is 3. The van der Waals surface area contributed by atoms with Gasteiger partial charge in [0.1, 0.15) is 0 Å². The van der Waals surface area contributed by atoms with Crippen LogP contribution in [0, 0.1) is 0 Å². The zero-order valence-corrected chi connectivity index (χ0v) is 6.83. The largest absolute Gasteiger partial charge is 0.481 e. The minimum absolute atomic E-state index is 0.0344. The predicted octanol–water partition coefficient (Wildman–Crippen LogP) is -0.749. The molecule has 0 aliphatic rings. The number of rotatable bonds is 2. The van der Waals surface area contributed by atoms with Crippen LogP contribution in [0.4, 0.5) is 0 Å². The number of H-pyrrole nitrogens is 2. The number of carboxylic acid groups (broad SMARTS) is 1. The van der Waals surface area contributed by atoms with E-state index in [-0.39, 0.29) is 5.56 Å². The summed E-state index contributed by atoms with van der Waals surface area (Å²) in [6, 6.07) is 0. The Kier molecular flexibility index (Phi) is 2.32. The van der Waals surface area contributed by atoms with Crippen LogP contribution in [0.1, 0.15) is 18.4 Å². The fraction of sp³-hybridized carbons (Fsp3) is 0.286. The maximum absolute atomic E-state index is 11.0. The van der Waals surface area contributed by atoms with E-state index in [0.717, 1.165) is 6.20 Å². The van der Waals surface area contributed by atoms with Crippen molar-refractivity contribution >= 4 is 5.97 Å². The van der Waals surface area contributed by atoms with Crippen molar-refractivity contribution < 1.29 is 9.90 Å². The maximum Gasteiger partial charge on any atom is 0.325 e. The van der Waals surface area contributed by atoms with Gasteiger partial charge in [0.05, 0.1) is 5.92 Å². The van der Waals surface area contributed by atoms with Crippen molar-refractivity contribution in [3.8, 4) is 0 Å². The van der Waals surface area contributed by atoms with E-state index in [0.29, 0.717) is 0 Å². The van der Waals surface area contributed by atoms with Gasteiger partial charge in [-0.1, -0.05) is 0 Å². The molecular formula is C7H8N2O4. The molecule has 0 fully saturated rings. The van der Waals surface area contributed by atoms with Crippen LogP contribution in [0.15, 0.2) is 15.8 Å². The molecule has 0 radical (unpaired) electrons. The summed E-state index contributed by atoms with van der Waals surface area (Å²) >= 11 is 0. The van der Waals surface area contributed by atoms with Crippen LogP contribution in [-0.4, -0.2) is 21.0 Å². The molecule has 0 spiro atoms. The average Bonchev–Trinajstić information content (AvgIpc) is 2.03. The van der Waals surface area contributed by atoms with Crippen molar-refractivity contribution in [2.75, 3.05) is 0 Å². The summed E-state index contributed by atoms with van der Waals surface area (Å²) in [5, 5.41) is 8.58. The first kappa shape index (κ1) is 9.24. The van der Waals surface area contributed by atoms with Crippen molar-refractivity contribution in [1.29, 1.82) is 0 Å². The van der Waals surface area contributed by atoms with Crippen molar-refractivity contribution in [2.45, 2.75) is 12.8 Å². The standard InChI is InChI=1S/C7H8N2O4/c1-3(6(11)12)4-2-8-7(13)9-5(4)10/h2-3H,1H3,(H,11,12)(H2,8,9,10,13). The summed E-state index contributed by atoms with van der Waals surface area (Å²) in [4.78, 5) is 36.3. The second-order valence-electron chi connectivity index (χ2n) is 2.59. The van der Waals surface area contributed by atoms with Gasteiger partial charge >= 0.3 is 11.7 Å². The molecule has 0 amide bonds. The van der Waals surface area contributed by atoms with Crippen molar-refractivity contribution in [2.24, 2.45) is 0 Å². The molecule has 0 aromatic carbocycles. The zero-order chi connectivity index (χ0) is 10.0. The Balaban J connectivity index is 3.24. The lowest BCUT2D eigenvalue weighted by molar-refractivity contribution is -0.138. The van der Waals surface area contributed by atoms with Gasteiger partial charge in [0.25, 0.3) is 5.56 Å². The molecule has 1 atom stereocenters. The number of aliphatic carboxylic acids is 1. The smallest absolute Gasteiger partial charge is 0.325 e. The summed E-state index contributed by atoms with van der Waals surface area (Å²) in [6.45, 7) is 1.37. The number of carboxylic acids is 1. The monoisotopic (exact) mass is 184 g/mol. The van der Waals surface area contributed by atoms with Gasteiger partial charge in [-0.15, -0.1) is 0 Å². The topological polar surface area (TPSA) is 103 Å². The van der Waals surface area contributed by atoms with E-state index in [9.17, 15) is 14.4 Å². The summed E-state index contributed by atoms with van der Waals surface area (Å²) in [5.41, 5.74) is -1.28. The first-order valence-corrected chi connectivity index (χ1v) is 3.57. The van der Waals surface area contributed by atoms with Crippen LogP contribution in [0.2, 0.25) is 0 Å². The van der Waals surface area contributed by atoms with E-state index >= 15 is 0 Å². The fourth-order valence-electron chi connectivity index (χ4n) is 0.875. The Morgan fingerprint density at radius 3 is 2.62 bits per heavy atom. The second-order valence-corrected chi connectivity index (χ2v) is 2.59. The molecular weight excluding hydrogens is 176 g/mol. The van der Waals surface area contributed by atoms with Crippen molar-refractivity contribution in [3.63, 3.8) is 0 Å². The number of aromatic amines is 2. The molecule has 1 unspecified atom stereocenters.